The first-order valence-electron chi connectivity index (χ1n) is 23.9. The largest absolute Gasteiger partial charge is 0.497 e. The number of carbonyl (C=O) groups is 6. The number of urea groups is 2. The van der Waals surface area contributed by atoms with Crippen LogP contribution in [0.4, 0.5) is 9.59 Å². The Labute approximate surface area is 469 Å². The van der Waals surface area contributed by atoms with Crippen LogP contribution >= 0.6 is 0 Å². The number of benzene rings is 6. The molecule has 0 bridgehead atoms. The van der Waals surface area contributed by atoms with Crippen molar-refractivity contribution in [2.45, 2.75) is 38.0 Å². The van der Waals surface area contributed by atoms with E-state index in [1.807, 2.05) is 108 Å². The van der Waals surface area contributed by atoms with Gasteiger partial charge in [-0.3, -0.25) is 29.8 Å². The zero-order valence-electron chi connectivity index (χ0n) is 45.2. The molecule has 78 heavy (non-hydrogen) atoms. The number of nitrogens with one attached hydrogen (secondary N) is 2. The number of carbonyl (C=O) groups excluding carboxylic acids is 6. The monoisotopic (exact) mass is 1160 g/mol. The number of ether oxygens (including phenoxy) is 6. The number of nitrogens with zero attached hydrogens (tertiary/aromatic N) is 2. The first-order valence-corrected chi connectivity index (χ1v) is 23.9. The van der Waals surface area contributed by atoms with E-state index in [1.54, 1.807) is 104 Å². The predicted octanol–water partition coefficient (Wildman–Crippen LogP) is 8.74. The van der Waals surface area contributed by atoms with Crippen LogP contribution in [0.1, 0.15) is 52.1 Å². The Morgan fingerprint density at radius 2 is 0.872 bits per heavy atom. The molecule has 0 aliphatic rings. The molecule has 0 aliphatic heterocycles. The van der Waals surface area contributed by atoms with Crippen molar-refractivity contribution in [1.29, 1.82) is 0 Å². The molecule has 1 unspecified atom stereocenters. The minimum atomic E-state index is -0.862. The van der Waals surface area contributed by atoms with Crippen LogP contribution in [0, 0.1) is 7.43 Å². The van der Waals surface area contributed by atoms with Crippen LogP contribution in [-0.4, -0.2) is 102 Å². The number of likely N-dealkylation sites (N-methyl/N-ethyl adjacent to an activating group) is 2. The molecule has 6 N–H and O–H groups in total. The van der Waals surface area contributed by atoms with E-state index in [2.05, 4.69) is 0 Å². The van der Waals surface area contributed by atoms with Gasteiger partial charge in [-0.15, -0.1) is 0 Å². The quantitative estimate of drug-likeness (QED) is 0.0229. The van der Waals surface area contributed by atoms with E-state index in [4.69, 9.17) is 39.9 Å². The van der Waals surface area contributed by atoms with E-state index in [-0.39, 0.29) is 52.5 Å². The van der Waals surface area contributed by atoms with E-state index >= 15 is 0 Å². The van der Waals surface area contributed by atoms with Crippen LogP contribution in [0.2, 0.25) is 0 Å². The molecule has 0 aromatic heterocycles. The number of methoxy groups -OCH3 is 4. The number of nitrogens with two attached hydrogens (primary N) is 2. The van der Waals surface area contributed by atoms with Gasteiger partial charge >= 0.3 is 12.1 Å². The van der Waals surface area contributed by atoms with Crippen molar-refractivity contribution in [2.75, 3.05) is 56.6 Å². The maximum absolute atomic E-state index is 13.1. The number of amides is 8. The van der Waals surface area contributed by atoms with Crippen molar-refractivity contribution in [3.8, 4) is 46.0 Å². The summed E-state index contributed by atoms with van der Waals surface area (Å²) in [5.74, 6) is 3.63. The van der Waals surface area contributed by atoms with E-state index < -0.39 is 29.8 Å². The van der Waals surface area contributed by atoms with Gasteiger partial charge in [0.15, 0.2) is 0 Å². The number of hydrogen-bond acceptors (Lipinski definition) is 12. The summed E-state index contributed by atoms with van der Waals surface area (Å²) in [6.07, 6.45) is 3.50. The third-order valence-electron chi connectivity index (χ3n) is 11.5. The third kappa shape index (κ3) is 20.1. The molecule has 6 rings (SSSR count). The smallest absolute Gasteiger partial charge is 0.318 e. The molecule has 6 aromatic rings. The van der Waals surface area contributed by atoms with E-state index in [9.17, 15) is 28.8 Å². The first-order chi connectivity index (χ1) is 36.4. The van der Waals surface area contributed by atoms with Gasteiger partial charge in [0.05, 0.1) is 34.4 Å². The van der Waals surface area contributed by atoms with Gasteiger partial charge in [0.2, 0.25) is 17.7 Å². The van der Waals surface area contributed by atoms with Crippen LogP contribution in [0.5, 0.6) is 46.0 Å². The van der Waals surface area contributed by atoms with Crippen LogP contribution in [0.25, 0.3) is 11.6 Å². The summed E-state index contributed by atoms with van der Waals surface area (Å²) in [6, 6.07) is 38.6. The fraction of sp³-hybridized carbons (Fsp3) is 0.237. The Balaban J connectivity index is 0.000000400. The van der Waals surface area contributed by atoms with Gasteiger partial charge in [0, 0.05) is 79.2 Å². The number of rotatable bonds is 21. The van der Waals surface area contributed by atoms with Crippen molar-refractivity contribution in [2.24, 2.45) is 11.5 Å². The van der Waals surface area contributed by atoms with Gasteiger partial charge in [0.25, 0.3) is 5.91 Å². The van der Waals surface area contributed by atoms with E-state index in [1.165, 1.54) is 4.90 Å². The second kappa shape index (κ2) is 31.4. The van der Waals surface area contributed by atoms with Crippen molar-refractivity contribution in [3.05, 3.63) is 174 Å². The average molecular weight is 1160 g/mol. The molecule has 0 saturated carbocycles. The van der Waals surface area contributed by atoms with Gasteiger partial charge < -0.3 is 57.1 Å². The number of aryl methyl sites for hydroxylation is 2. The van der Waals surface area contributed by atoms with Gasteiger partial charge in [-0.2, -0.15) is 0 Å². The van der Waals surface area contributed by atoms with Crippen LogP contribution in [0.15, 0.2) is 133 Å². The molecule has 6 aromatic carbocycles. The Kier molecular flexibility index (Phi) is 25.6. The van der Waals surface area contributed by atoms with E-state index in [0.29, 0.717) is 70.8 Å². The molecule has 0 aliphatic carbocycles. The predicted molar refractivity (Wildman–Crippen MR) is 295 cm³/mol. The molecule has 0 heterocycles. The van der Waals surface area contributed by atoms with Crippen molar-refractivity contribution in [3.63, 3.8) is 0 Å². The summed E-state index contributed by atoms with van der Waals surface area (Å²) in [4.78, 5) is 73.9. The maximum atomic E-state index is 13.1. The Hall–Kier alpha value is -8.66. The number of hydrogen-bond donors (Lipinski definition) is 4. The summed E-state index contributed by atoms with van der Waals surface area (Å²) < 4.78 is 33.4. The van der Waals surface area contributed by atoms with Crippen LogP contribution in [-0.2, 0) is 58.9 Å². The average Bonchev–Trinajstić information content (AvgIpc) is 3.41. The van der Waals surface area contributed by atoms with Crippen LogP contribution in [0.3, 0.4) is 0 Å². The molecule has 18 nitrogen and oxygen atoms in total. The fourth-order valence-corrected chi connectivity index (χ4v) is 7.57. The van der Waals surface area contributed by atoms with Crippen LogP contribution < -0.4 is 50.5 Å². The molecule has 0 radical (unpaired) electrons. The molecule has 19 heteroatoms. The second-order valence-electron chi connectivity index (χ2n) is 17.5. The summed E-state index contributed by atoms with van der Waals surface area (Å²) in [5.41, 5.74) is 15.5. The topological polar surface area (TPSA) is 240 Å². The SMILES string of the molecule is COc1cc(/C=C(/C(=O)N(C)C)c2ccc(Oc3ccc(CCC(=O)NC(N)=O)cc3)cc2)cc(OC)c1.COc1cc(CC(C(=O)N(C)C)c2ccc(Oc3ccc(CCC(=O)NC(N)=O)cc3)cc2)cc(OC)c1.[CH3-].[Pd]. The van der Waals surface area contributed by atoms with Gasteiger partial charge in [0.1, 0.15) is 46.0 Å². The summed E-state index contributed by atoms with van der Waals surface area (Å²) in [7, 11) is 13.2. The van der Waals surface area contributed by atoms with Crippen molar-refractivity contribution >= 4 is 47.3 Å². The zero-order valence-corrected chi connectivity index (χ0v) is 46.7. The fourth-order valence-electron chi connectivity index (χ4n) is 7.57. The van der Waals surface area contributed by atoms with Crippen molar-refractivity contribution < 1.29 is 77.6 Å². The number of primary amides is 2. The Morgan fingerprint density at radius 1 is 0.500 bits per heavy atom. The Morgan fingerprint density at radius 3 is 1.23 bits per heavy atom. The second-order valence-corrected chi connectivity index (χ2v) is 17.5. The minimum Gasteiger partial charge on any atom is -0.497 e. The minimum absolute atomic E-state index is 0. The normalized spacial score (nSPS) is 10.8. The van der Waals surface area contributed by atoms with E-state index in [0.717, 1.165) is 33.4 Å². The standard InChI is InChI=1S/C29H33N3O6.C29H31N3O6.CH3.Pd/c2*1-32(2)28(34)26(17-20-15-24(36-3)18-25(16-20)37-4)21-8-12-23(13-9-21)38-22-10-5-19(6-11-22)7-14-27(33)31-29(30)35;;/h5-6,8-13,15-16,18,26H,7,14,17H2,1-4H3,(H3,30,31,33,35);5-6,8-13,15-18H,7,14H2,1-4H3,(H3,30,31,33,35);1H3;/q;;-1;/b;26-17+;;. The molecule has 0 spiro atoms. The number of imide groups is 2. The van der Waals surface area contributed by atoms with Crippen molar-refractivity contribution in [1.82, 2.24) is 20.4 Å². The molecule has 8 amide bonds. The zero-order chi connectivity index (χ0) is 55.3. The summed E-state index contributed by atoms with van der Waals surface area (Å²) >= 11 is 0. The molecule has 0 fully saturated rings. The molecular formula is C59H67N6O12Pd-. The van der Waals surface area contributed by atoms with Gasteiger partial charge in [-0.05, 0) is 132 Å². The first kappa shape index (κ1) is 63.6. The molecular weight excluding hydrogens is 1090 g/mol. The third-order valence-corrected chi connectivity index (χ3v) is 11.5. The van der Waals surface area contributed by atoms with Gasteiger partial charge in [-0.25, -0.2) is 9.59 Å². The summed E-state index contributed by atoms with van der Waals surface area (Å²) in [6.45, 7) is 0. The summed E-state index contributed by atoms with van der Waals surface area (Å²) in [5, 5.41) is 4.09. The molecule has 1 atom stereocenters. The maximum Gasteiger partial charge on any atom is 0.318 e. The molecule has 0 saturated heterocycles. The Bertz CT molecular complexity index is 2940. The molecule has 416 valence electrons. The van der Waals surface area contributed by atoms with Gasteiger partial charge in [-0.1, -0.05) is 48.5 Å².